The van der Waals surface area contributed by atoms with Crippen molar-refractivity contribution in [3.8, 4) is 0 Å². The zero-order valence-corrected chi connectivity index (χ0v) is 16.5. The summed E-state index contributed by atoms with van der Waals surface area (Å²) in [5.74, 6) is -1.25. The van der Waals surface area contributed by atoms with Gasteiger partial charge in [-0.1, -0.05) is 86.3 Å². The largest absolute Gasteiger partial charge is 0.507 e. The molecule has 0 radical (unpaired) electrons. The van der Waals surface area contributed by atoms with Crippen LogP contribution in [0.2, 0.25) is 0 Å². The predicted molar refractivity (Wildman–Crippen MR) is 111 cm³/mol. The van der Waals surface area contributed by atoms with Gasteiger partial charge in [-0.2, -0.15) is 0 Å². The van der Waals surface area contributed by atoms with Crippen molar-refractivity contribution in [2.24, 2.45) is 0 Å². The number of amides is 1. The highest BCUT2D eigenvalue weighted by Crippen LogP contribution is 2.39. The van der Waals surface area contributed by atoms with Crippen LogP contribution >= 0.6 is 0 Å². The molecule has 1 saturated heterocycles. The first kappa shape index (κ1) is 19.9. The molecule has 2 aromatic carbocycles. The highest BCUT2D eigenvalue weighted by molar-refractivity contribution is 6.46. The molecule has 1 atom stereocenters. The van der Waals surface area contributed by atoms with Crippen molar-refractivity contribution in [2.75, 3.05) is 6.54 Å². The van der Waals surface area contributed by atoms with Crippen LogP contribution in [-0.4, -0.2) is 28.2 Å². The molecule has 1 amide bonds. The number of carbonyl (C=O) groups excluding carboxylic acids is 2. The first-order chi connectivity index (χ1) is 13.5. The van der Waals surface area contributed by atoms with E-state index in [0.29, 0.717) is 12.1 Å². The summed E-state index contributed by atoms with van der Waals surface area (Å²) in [4.78, 5) is 27.3. The third kappa shape index (κ3) is 4.01. The van der Waals surface area contributed by atoms with Crippen molar-refractivity contribution in [3.05, 3.63) is 76.9 Å². The Bertz CT molecular complexity index is 868. The molecule has 1 fully saturated rings. The lowest BCUT2D eigenvalue weighted by atomic mass is 9.94. The van der Waals surface area contributed by atoms with Gasteiger partial charge >= 0.3 is 0 Å². The van der Waals surface area contributed by atoms with Gasteiger partial charge in [-0.05, 0) is 18.9 Å². The third-order valence-electron chi connectivity index (χ3n) is 5.23. The summed E-state index contributed by atoms with van der Waals surface area (Å²) >= 11 is 0. The van der Waals surface area contributed by atoms with Crippen molar-refractivity contribution >= 4 is 17.4 Å². The Kier molecular flexibility index (Phi) is 6.30. The molecule has 0 spiro atoms. The van der Waals surface area contributed by atoms with E-state index in [1.54, 1.807) is 29.2 Å². The molecule has 0 saturated carbocycles. The summed E-state index contributed by atoms with van der Waals surface area (Å²) in [5.41, 5.74) is 2.67. The van der Waals surface area contributed by atoms with Crippen LogP contribution in [0.1, 0.15) is 55.3 Å². The molecular formula is C24H27NO3. The van der Waals surface area contributed by atoms with E-state index in [0.717, 1.165) is 36.8 Å². The Morgan fingerprint density at radius 3 is 2.29 bits per heavy atom. The second-order valence-corrected chi connectivity index (χ2v) is 7.33. The number of Topliss-reactive ketones (excluding diaryl/α,β-unsaturated/α-hetero) is 1. The Labute approximate surface area is 166 Å². The molecule has 146 valence electrons. The van der Waals surface area contributed by atoms with Gasteiger partial charge in [0.15, 0.2) is 0 Å². The van der Waals surface area contributed by atoms with E-state index in [4.69, 9.17) is 0 Å². The topological polar surface area (TPSA) is 57.6 Å². The molecule has 1 aliphatic rings. The van der Waals surface area contributed by atoms with Crippen molar-refractivity contribution in [2.45, 2.75) is 45.6 Å². The van der Waals surface area contributed by atoms with Crippen LogP contribution in [0.4, 0.5) is 0 Å². The summed E-state index contributed by atoms with van der Waals surface area (Å²) in [6, 6.07) is 16.2. The van der Waals surface area contributed by atoms with Crippen LogP contribution in [0, 0.1) is 6.92 Å². The van der Waals surface area contributed by atoms with E-state index in [1.807, 2.05) is 37.3 Å². The van der Waals surface area contributed by atoms with Gasteiger partial charge in [0.1, 0.15) is 5.76 Å². The molecule has 1 heterocycles. The maximum absolute atomic E-state index is 12.9. The average Bonchev–Trinajstić information content (AvgIpc) is 2.97. The highest BCUT2D eigenvalue weighted by Gasteiger charge is 2.45. The molecule has 4 heteroatoms. The molecule has 1 N–H and O–H groups in total. The molecule has 3 rings (SSSR count). The van der Waals surface area contributed by atoms with Gasteiger partial charge in [-0.15, -0.1) is 0 Å². The number of rotatable bonds is 7. The lowest BCUT2D eigenvalue weighted by molar-refractivity contribution is -0.139. The number of aliphatic hydroxyl groups is 1. The number of likely N-dealkylation sites (tertiary alicyclic amines) is 1. The van der Waals surface area contributed by atoms with Gasteiger partial charge in [0.25, 0.3) is 11.7 Å². The number of carbonyl (C=O) groups is 2. The molecule has 4 nitrogen and oxygen atoms in total. The van der Waals surface area contributed by atoms with Crippen LogP contribution in [0.3, 0.4) is 0 Å². The van der Waals surface area contributed by atoms with Gasteiger partial charge in [0, 0.05) is 12.1 Å². The number of nitrogens with zero attached hydrogens (tertiary/aromatic N) is 1. The quantitative estimate of drug-likeness (QED) is 0.320. The van der Waals surface area contributed by atoms with E-state index < -0.39 is 17.7 Å². The Morgan fingerprint density at radius 2 is 1.64 bits per heavy atom. The smallest absolute Gasteiger partial charge is 0.295 e. The van der Waals surface area contributed by atoms with Crippen molar-refractivity contribution in [1.82, 2.24) is 4.90 Å². The zero-order chi connectivity index (χ0) is 20.1. The lowest BCUT2D eigenvalue weighted by Gasteiger charge is -2.25. The summed E-state index contributed by atoms with van der Waals surface area (Å²) in [6.45, 7) is 4.64. The van der Waals surface area contributed by atoms with E-state index in [2.05, 4.69) is 6.92 Å². The van der Waals surface area contributed by atoms with E-state index in [-0.39, 0.29) is 11.3 Å². The molecule has 0 aromatic heterocycles. The van der Waals surface area contributed by atoms with Gasteiger partial charge < -0.3 is 10.0 Å². The predicted octanol–water partition coefficient (Wildman–Crippen LogP) is 5.00. The van der Waals surface area contributed by atoms with E-state index >= 15 is 0 Å². The number of unbranched alkanes of at least 4 members (excludes halogenated alkanes) is 3. The molecule has 0 bridgehead atoms. The van der Waals surface area contributed by atoms with Crippen LogP contribution in [0.5, 0.6) is 0 Å². The summed E-state index contributed by atoms with van der Waals surface area (Å²) in [7, 11) is 0. The monoisotopic (exact) mass is 377 g/mol. The number of benzene rings is 2. The van der Waals surface area contributed by atoms with E-state index in [9.17, 15) is 14.7 Å². The second kappa shape index (κ2) is 8.87. The highest BCUT2D eigenvalue weighted by atomic mass is 16.3. The van der Waals surface area contributed by atoms with Gasteiger partial charge in [-0.25, -0.2) is 0 Å². The van der Waals surface area contributed by atoms with Crippen LogP contribution < -0.4 is 0 Å². The number of hydrogen-bond acceptors (Lipinski definition) is 3. The Hall–Kier alpha value is -2.88. The minimum absolute atomic E-state index is 0.111. The van der Waals surface area contributed by atoms with Gasteiger partial charge in [0.05, 0.1) is 11.6 Å². The first-order valence-electron chi connectivity index (χ1n) is 9.95. The van der Waals surface area contributed by atoms with Crippen LogP contribution in [0.25, 0.3) is 5.76 Å². The number of ketones is 1. The molecule has 0 aliphatic carbocycles. The van der Waals surface area contributed by atoms with Crippen molar-refractivity contribution in [3.63, 3.8) is 0 Å². The number of aliphatic hydroxyl groups excluding tert-OH is 1. The molecular weight excluding hydrogens is 350 g/mol. The maximum atomic E-state index is 12.9. The second-order valence-electron chi connectivity index (χ2n) is 7.33. The summed E-state index contributed by atoms with van der Waals surface area (Å²) in [6.07, 6.45) is 4.06. The fraction of sp³-hybridized carbons (Fsp3) is 0.333. The molecule has 2 aromatic rings. The average molecular weight is 377 g/mol. The van der Waals surface area contributed by atoms with Crippen molar-refractivity contribution < 1.29 is 14.7 Å². The fourth-order valence-electron chi connectivity index (χ4n) is 3.67. The minimum atomic E-state index is -0.609. The Morgan fingerprint density at radius 1 is 0.964 bits per heavy atom. The summed E-state index contributed by atoms with van der Waals surface area (Å²) < 4.78 is 0. The maximum Gasteiger partial charge on any atom is 0.295 e. The molecule has 1 aliphatic heterocycles. The number of hydrogen-bond donors (Lipinski definition) is 1. The molecule has 1 unspecified atom stereocenters. The minimum Gasteiger partial charge on any atom is -0.507 e. The lowest BCUT2D eigenvalue weighted by Crippen LogP contribution is -2.30. The van der Waals surface area contributed by atoms with Crippen LogP contribution in [-0.2, 0) is 9.59 Å². The van der Waals surface area contributed by atoms with E-state index in [1.165, 1.54) is 0 Å². The van der Waals surface area contributed by atoms with Gasteiger partial charge in [0.2, 0.25) is 0 Å². The number of aryl methyl sites for hydroxylation is 1. The summed E-state index contributed by atoms with van der Waals surface area (Å²) in [5, 5.41) is 10.9. The Balaban J connectivity index is 2.04. The normalized spacial score (nSPS) is 18.6. The van der Waals surface area contributed by atoms with Crippen molar-refractivity contribution in [1.29, 1.82) is 0 Å². The third-order valence-corrected chi connectivity index (χ3v) is 5.23. The van der Waals surface area contributed by atoms with Gasteiger partial charge in [-0.3, -0.25) is 9.59 Å². The SMILES string of the molecule is CCCCCCN1C(=O)C(=O)/C(=C(/O)c2ccccc2)C1c1ccc(C)cc1. The standard InChI is InChI=1S/C24H27NO3/c1-3-4-5-9-16-25-21(18-14-12-17(2)13-15-18)20(23(27)24(25)28)22(26)19-10-7-6-8-11-19/h6-8,10-15,21,26H,3-5,9,16H2,1-2H3/b22-20+. The fourth-order valence-corrected chi connectivity index (χ4v) is 3.67. The molecule has 28 heavy (non-hydrogen) atoms. The first-order valence-corrected chi connectivity index (χ1v) is 9.95. The zero-order valence-electron chi connectivity index (χ0n) is 16.5. The van der Waals surface area contributed by atoms with Crippen LogP contribution in [0.15, 0.2) is 60.2 Å².